The summed E-state index contributed by atoms with van der Waals surface area (Å²) in [5.41, 5.74) is 0. The van der Waals surface area contributed by atoms with Crippen LogP contribution in [0.15, 0.2) is 0 Å². The lowest BCUT2D eigenvalue weighted by molar-refractivity contribution is 0.225. The van der Waals surface area contributed by atoms with Crippen molar-refractivity contribution in [1.29, 1.82) is 0 Å². The molecule has 122 valence electrons. The predicted octanol–water partition coefficient (Wildman–Crippen LogP) is 6.05. The van der Waals surface area contributed by atoms with Gasteiger partial charge in [0.25, 0.3) is 0 Å². The Morgan fingerprint density at radius 1 is 0.550 bits per heavy atom. The fourth-order valence-electron chi connectivity index (χ4n) is 2.88. The molecular formula is C19H40O. The first-order valence-corrected chi connectivity index (χ1v) is 9.06. The Morgan fingerprint density at radius 3 is 1.25 bits per heavy atom. The molecular weight excluding hydrogens is 244 g/mol. The Labute approximate surface area is 128 Å². The Hall–Kier alpha value is -0.0400. The van der Waals surface area contributed by atoms with Crippen LogP contribution in [0, 0.1) is 23.7 Å². The van der Waals surface area contributed by atoms with E-state index < -0.39 is 0 Å². The highest BCUT2D eigenvalue weighted by Gasteiger charge is 2.07. The van der Waals surface area contributed by atoms with Crippen molar-refractivity contribution in [2.24, 2.45) is 23.7 Å². The third-order valence-electron chi connectivity index (χ3n) is 4.58. The van der Waals surface area contributed by atoms with E-state index in [-0.39, 0.29) is 0 Å². The Balaban J connectivity index is 3.43. The van der Waals surface area contributed by atoms with Gasteiger partial charge in [-0.05, 0) is 30.1 Å². The minimum Gasteiger partial charge on any atom is -0.396 e. The molecule has 0 spiro atoms. The Bertz CT molecular complexity index is 200. The molecule has 0 bridgehead atoms. The van der Waals surface area contributed by atoms with Crippen LogP contribution < -0.4 is 0 Å². The van der Waals surface area contributed by atoms with Gasteiger partial charge in [-0.25, -0.2) is 0 Å². The fourth-order valence-corrected chi connectivity index (χ4v) is 2.88. The molecule has 0 saturated carbocycles. The van der Waals surface area contributed by atoms with Crippen LogP contribution in [0.2, 0.25) is 0 Å². The van der Waals surface area contributed by atoms with Gasteiger partial charge >= 0.3 is 0 Å². The number of rotatable bonds is 13. The van der Waals surface area contributed by atoms with Gasteiger partial charge in [-0.15, -0.1) is 0 Å². The molecule has 0 unspecified atom stereocenters. The summed E-state index contributed by atoms with van der Waals surface area (Å²) >= 11 is 0. The maximum Gasteiger partial charge on any atom is 0.0456 e. The van der Waals surface area contributed by atoms with E-state index in [0.717, 1.165) is 17.8 Å². The molecule has 1 N–H and O–H groups in total. The van der Waals surface area contributed by atoms with Crippen LogP contribution in [-0.4, -0.2) is 11.7 Å². The monoisotopic (exact) mass is 284 g/mol. The molecule has 1 heteroatoms. The predicted molar refractivity (Wildman–Crippen MR) is 91.0 cm³/mol. The molecule has 0 amide bonds. The van der Waals surface area contributed by atoms with Gasteiger partial charge in [0.2, 0.25) is 0 Å². The van der Waals surface area contributed by atoms with Crippen LogP contribution >= 0.6 is 0 Å². The van der Waals surface area contributed by atoms with Crippen molar-refractivity contribution in [2.75, 3.05) is 6.61 Å². The van der Waals surface area contributed by atoms with Crippen LogP contribution in [0.4, 0.5) is 0 Å². The molecule has 0 aliphatic heterocycles. The quantitative estimate of drug-likeness (QED) is 0.436. The van der Waals surface area contributed by atoms with Gasteiger partial charge in [-0.2, -0.15) is 0 Å². The highest BCUT2D eigenvalue weighted by molar-refractivity contribution is 4.60. The average molecular weight is 285 g/mol. The summed E-state index contributed by atoms with van der Waals surface area (Å²) in [6.07, 6.45) is 12.2. The van der Waals surface area contributed by atoms with Crippen molar-refractivity contribution < 1.29 is 5.11 Å². The van der Waals surface area contributed by atoms with E-state index in [0.29, 0.717) is 12.5 Å². The van der Waals surface area contributed by atoms with Crippen molar-refractivity contribution in [1.82, 2.24) is 0 Å². The summed E-state index contributed by atoms with van der Waals surface area (Å²) in [6, 6.07) is 0. The first-order valence-electron chi connectivity index (χ1n) is 9.06. The lowest BCUT2D eigenvalue weighted by Gasteiger charge is -2.15. The molecule has 0 saturated heterocycles. The molecule has 0 radical (unpaired) electrons. The first kappa shape index (κ1) is 20.0. The van der Waals surface area contributed by atoms with Gasteiger partial charge in [0.1, 0.15) is 0 Å². The minimum absolute atomic E-state index is 0.349. The number of hydrogen-bond donors (Lipinski definition) is 1. The van der Waals surface area contributed by atoms with Crippen LogP contribution in [0.5, 0.6) is 0 Å². The lowest BCUT2D eigenvalue weighted by atomic mass is 9.91. The summed E-state index contributed by atoms with van der Waals surface area (Å²) < 4.78 is 0. The van der Waals surface area contributed by atoms with Gasteiger partial charge < -0.3 is 5.11 Å². The summed E-state index contributed by atoms with van der Waals surface area (Å²) in [5, 5.41) is 9.01. The van der Waals surface area contributed by atoms with E-state index in [4.69, 9.17) is 5.11 Å². The standard InChI is InChI=1S/C19H40O/c1-16(2)9-6-10-17(3)11-7-12-18(4)13-8-14-19(5)15-20/h16-20H,6-15H2,1-5H3/t17-,18-,19-/m1/s1. The summed E-state index contributed by atoms with van der Waals surface area (Å²) in [5.74, 6) is 3.13. The lowest BCUT2D eigenvalue weighted by Crippen LogP contribution is -2.03. The van der Waals surface area contributed by atoms with Crippen molar-refractivity contribution in [3.63, 3.8) is 0 Å². The largest absolute Gasteiger partial charge is 0.396 e. The van der Waals surface area contributed by atoms with E-state index >= 15 is 0 Å². The summed E-state index contributed by atoms with van der Waals surface area (Å²) in [4.78, 5) is 0. The van der Waals surface area contributed by atoms with Crippen LogP contribution in [-0.2, 0) is 0 Å². The zero-order chi connectivity index (χ0) is 15.4. The van der Waals surface area contributed by atoms with Gasteiger partial charge in [-0.3, -0.25) is 0 Å². The Morgan fingerprint density at radius 2 is 0.900 bits per heavy atom. The number of hydrogen-bond acceptors (Lipinski definition) is 1. The summed E-state index contributed by atoms with van der Waals surface area (Å²) in [6.45, 7) is 12.0. The smallest absolute Gasteiger partial charge is 0.0456 e. The molecule has 20 heavy (non-hydrogen) atoms. The first-order chi connectivity index (χ1) is 9.45. The van der Waals surface area contributed by atoms with Gasteiger partial charge in [0, 0.05) is 6.61 Å². The molecule has 0 aromatic heterocycles. The molecule has 3 atom stereocenters. The number of aliphatic hydroxyl groups excluding tert-OH is 1. The molecule has 0 rings (SSSR count). The second kappa shape index (κ2) is 12.7. The molecule has 0 fully saturated rings. The SMILES string of the molecule is CC(C)CCC[C@@H](C)CCC[C@@H](C)CCC[C@@H](C)CO. The van der Waals surface area contributed by atoms with Crippen molar-refractivity contribution in [3.8, 4) is 0 Å². The molecule has 0 heterocycles. The van der Waals surface area contributed by atoms with E-state index in [1.807, 2.05) is 0 Å². The van der Waals surface area contributed by atoms with E-state index in [2.05, 4.69) is 34.6 Å². The number of aliphatic hydroxyl groups is 1. The average Bonchev–Trinajstić information content (AvgIpc) is 2.38. The third kappa shape index (κ3) is 13.0. The molecule has 0 aromatic rings. The molecule has 0 aliphatic carbocycles. The summed E-state index contributed by atoms with van der Waals surface area (Å²) in [7, 11) is 0. The zero-order valence-corrected chi connectivity index (χ0v) is 14.8. The van der Waals surface area contributed by atoms with E-state index in [1.165, 1.54) is 57.8 Å². The van der Waals surface area contributed by atoms with Crippen molar-refractivity contribution in [2.45, 2.75) is 92.4 Å². The van der Waals surface area contributed by atoms with Crippen molar-refractivity contribution in [3.05, 3.63) is 0 Å². The second-order valence-electron chi connectivity index (χ2n) is 7.68. The highest BCUT2D eigenvalue weighted by atomic mass is 16.3. The molecule has 0 aliphatic rings. The maximum atomic E-state index is 9.01. The minimum atomic E-state index is 0.349. The molecule has 1 nitrogen and oxygen atoms in total. The highest BCUT2D eigenvalue weighted by Crippen LogP contribution is 2.21. The third-order valence-corrected chi connectivity index (χ3v) is 4.58. The maximum absolute atomic E-state index is 9.01. The van der Waals surface area contributed by atoms with Gasteiger partial charge in [-0.1, -0.05) is 86.0 Å². The van der Waals surface area contributed by atoms with Gasteiger partial charge in [0.05, 0.1) is 0 Å². The van der Waals surface area contributed by atoms with Crippen LogP contribution in [0.3, 0.4) is 0 Å². The second-order valence-corrected chi connectivity index (χ2v) is 7.68. The van der Waals surface area contributed by atoms with Gasteiger partial charge in [0.15, 0.2) is 0 Å². The Kier molecular flexibility index (Phi) is 12.7. The fraction of sp³-hybridized carbons (Fsp3) is 1.00. The van der Waals surface area contributed by atoms with E-state index in [9.17, 15) is 0 Å². The normalized spacial score (nSPS) is 16.4. The van der Waals surface area contributed by atoms with Crippen molar-refractivity contribution >= 4 is 0 Å². The van der Waals surface area contributed by atoms with Crippen LogP contribution in [0.25, 0.3) is 0 Å². The van der Waals surface area contributed by atoms with Crippen LogP contribution in [0.1, 0.15) is 92.4 Å². The molecule has 0 aromatic carbocycles. The zero-order valence-electron chi connectivity index (χ0n) is 14.8. The van der Waals surface area contributed by atoms with E-state index in [1.54, 1.807) is 0 Å². The topological polar surface area (TPSA) is 20.2 Å².